The molecule has 2 aromatic rings. The van der Waals surface area contributed by atoms with Gasteiger partial charge >= 0.3 is 0 Å². The molecule has 0 fully saturated rings. The minimum Gasteiger partial charge on any atom is -0.347 e. The van der Waals surface area contributed by atoms with Gasteiger partial charge in [-0.2, -0.15) is 0 Å². The third-order valence-corrected chi connectivity index (χ3v) is 2.81. The van der Waals surface area contributed by atoms with Crippen molar-refractivity contribution in [3.8, 4) is 0 Å². The van der Waals surface area contributed by atoms with Crippen LogP contribution in [0.5, 0.6) is 0 Å². The van der Waals surface area contributed by atoms with Crippen molar-refractivity contribution in [1.29, 1.82) is 0 Å². The van der Waals surface area contributed by atoms with Crippen molar-refractivity contribution >= 4 is 11.9 Å². The van der Waals surface area contributed by atoms with Crippen molar-refractivity contribution < 1.29 is 9.18 Å². The second-order valence-electron chi connectivity index (χ2n) is 4.89. The summed E-state index contributed by atoms with van der Waals surface area (Å²) in [6.45, 7) is 2.13. The van der Waals surface area contributed by atoms with E-state index >= 15 is 0 Å². The molecule has 0 aliphatic carbocycles. The van der Waals surface area contributed by atoms with E-state index in [1.165, 1.54) is 18.2 Å². The van der Waals surface area contributed by atoms with Crippen LogP contribution in [0.15, 0.2) is 30.3 Å². The van der Waals surface area contributed by atoms with Crippen LogP contribution >= 0.6 is 0 Å². The first-order chi connectivity index (χ1) is 9.95. The number of carbonyl (C=O) groups is 1. The number of nitrogens with one attached hydrogen (secondary N) is 1. The molecule has 0 unspecified atom stereocenters. The number of anilines is 1. The average Bonchev–Trinajstić information content (AvgIpc) is 2.44. The van der Waals surface area contributed by atoms with Crippen molar-refractivity contribution in [3.05, 3.63) is 53.1 Å². The Kier molecular flexibility index (Phi) is 4.47. The number of rotatable bonds is 4. The number of carbonyl (C=O) groups excluding carboxylic acids is 1. The number of aromatic nitrogens is 2. The molecule has 0 bridgehead atoms. The molecule has 21 heavy (non-hydrogen) atoms. The molecule has 1 heterocycles. The van der Waals surface area contributed by atoms with Crippen molar-refractivity contribution in [2.75, 3.05) is 19.0 Å². The SMILES string of the molecule is Cc1cc(CNC(=O)c2cccc(F)c2)nc(N(C)C)n1. The summed E-state index contributed by atoms with van der Waals surface area (Å²) in [5, 5.41) is 2.72. The van der Waals surface area contributed by atoms with Gasteiger partial charge in [-0.25, -0.2) is 14.4 Å². The number of nitrogens with zero attached hydrogens (tertiary/aromatic N) is 3. The van der Waals surface area contributed by atoms with Gasteiger partial charge in [0.15, 0.2) is 0 Å². The molecular weight excluding hydrogens is 271 g/mol. The van der Waals surface area contributed by atoms with Gasteiger partial charge in [-0.1, -0.05) is 6.07 Å². The average molecular weight is 288 g/mol. The molecule has 0 spiro atoms. The quantitative estimate of drug-likeness (QED) is 0.934. The lowest BCUT2D eigenvalue weighted by Crippen LogP contribution is -2.24. The highest BCUT2D eigenvalue weighted by Gasteiger charge is 2.08. The predicted molar refractivity (Wildman–Crippen MR) is 78.7 cm³/mol. The topological polar surface area (TPSA) is 58.1 Å². The van der Waals surface area contributed by atoms with Gasteiger partial charge in [-0.3, -0.25) is 4.79 Å². The highest BCUT2D eigenvalue weighted by Crippen LogP contribution is 2.08. The minimum absolute atomic E-state index is 0.263. The molecule has 5 nitrogen and oxygen atoms in total. The summed E-state index contributed by atoms with van der Waals surface area (Å²) < 4.78 is 13.1. The van der Waals surface area contributed by atoms with Gasteiger partial charge in [-0.05, 0) is 31.2 Å². The van der Waals surface area contributed by atoms with Crippen LogP contribution in [0, 0.1) is 12.7 Å². The van der Waals surface area contributed by atoms with E-state index in [2.05, 4.69) is 15.3 Å². The van der Waals surface area contributed by atoms with Gasteiger partial charge in [0.05, 0.1) is 12.2 Å². The zero-order valence-corrected chi connectivity index (χ0v) is 12.2. The van der Waals surface area contributed by atoms with Crippen LogP contribution in [-0.4, -0.2) is 30.0 Å². The molecule has 2 rings (SSSR count). The zero-order valence-electron chi connectivity index (χ0n) is 12.2. The van der Waals surface area contributed by atoms with E-state index in [4.69, 9.17) is 0 Å². The maximum absolute atomic E-state index is 13.1. The summed E-state index contributed by atoms with van der Waals surface area (Å²) in [6, 6.07) is 7.37. The molecule has 1 aromatic carbocycles. The van der Waals surface area contributed by atoms with Gasteiger partial charge in [0.1, 0.15) is 5.82 Å². The van der Waals surface area contributed by atoms with Crippen LogP contribution in [0.1, 0.15) is 21.7 Å². The standard InChI is InChI=1S/C15H17FN4O/c1-10-7-13(19-15(18-10)20(2)3)9-17-14(21)11-5-4-6-12(16)8-11/h4-8H,9H2,1-3H3,(H,17,21). The monoisotopic (exact) mass is 288 g/mol. The molecule has 0 aliphatic heterocycles. The van der Waals surface area contributed by atoms with Crippen molar-refractivity contribution in [3.63, 3.8) is 0 Å². The van der Waals surface area contributed by atoms with E-state index in [-0.39, 0.29) is 18.0 Å². The highest BCUT2D eigenvalue weighted by molar-refractivity contribution is 5.94. The normalized spacial score (nSPS) is 10.3. The maximum Gasteiger partial charge on any atom is 0.251 e. The number of hydrogen-bond donors (Lipinski definition) is 1. The lowest BCUT2D eigenvalue weighted by atomic mass is 10.2. The second-order valence-corrected chi connectivity index (χ2v) is 4.89. The van der Waals surface area contributed by atoms with Crippen LogP contribution < -0.4 is 10.2 Å². The Morgan fingerprint density at radius 1 is 1.29 bits per heavy atom. The lowest BCUT2D eigenvalue weighted by Gasteiger charge is -2.12. The summed E-state index contributed by atoms with van der Waals surface area (Å²) in [4.78, 5) is 22.4. The van der Waals surface area contributed by atoms with Gasteiger partial charge in [0.25, 0.3) is 5.91 Å². The summed E-state index contributed by atoms with van der Waals surface area (Å²) in [7, 11) is 3.70. The smallest absolute Gasteiger partial charge is 0.251 e. The van der Waals surface area contributed by atoms with E-state index in [0.29, 0.717) is 11.6 Å². The third-order valence-electron chi connectivity index (χ3n) is 2.81. The molecule has 1 amide bonds. The summed E-state index contributed by atoms with van der Waals surface area (Å²) in [5.74, 6) is -0.183. The van der Waals surface area contributed by atoms with E-state index < -0.39 is 5.82 Å². The summed E-state index contributed by atoms with van der Waals surface area (Å²) in [6.07, 6.45) is 0. The molecule has 1 aromatic heterocycles. The van der Waals surface area contributed by atoms with Crippen LogP contribution in [0.3, 0.4) is 0 Å². The van der Waals surface area contributed by atoms with E-state index in [1.54, 1.807) is 17.0 Å². The molecule has 0 aliphatic rings. The Hall–Kier alpha value is -2.50. The summed E-state index contributed by atoms with van der Waals surface area (Å²) >= 11 is 0. The Bertz CT molecular complexity index is 658. The van der Waals surface area contributed by atoms with E-state index in [1.807, 2.05) is 21.0 Å². The Labute approximate surface area is 122 Å². The van der Waals surface area contributed by atoms with Gasteiger partial charge in [0.2, 0.25) is 5.95 Å². The van der Waals surface area contributed by atoms with Gasteiger partial charge in [-0.15, -0.1) is 0 Å². The summed E-state index contributed by atoms with van der Waals surface area (Å²) in [5.41, 5.74) is 1.81. The first-order valence-corrected chi connectivity index (χ1v) is 6.51. The molecule has 0 saturated carbocycles. The zero-order chi connectivity index (χ0) is 15.4. The largest absolute Gasteiger partial charge is 0.347 e. The number of amides is 1. The molecule has 0 radical (unpaired) electrons. The fourth-order valence-corrected chi connectivity index (χ4v) is 1.81. The van der Waals surface area contributed by atoms with Crippen molar-refractivity contribution in [2.24, 2.45) is 0 Å². The minimum atomic E-state index is -0.435. The van der Waals surface area contributed by atoms with E-state index in [0.717, 1.165) is 5.69 Å². The third kappa shape index (κ3) is 3.98. The van der Waals surface area contributed by atoms with Gasteiger partial charge in [0, 0.05) is 25.4 Å². The Balaban J connectivity index is 2.08. The number of aryl methyl sites for hydroxylation is 1. The molecule has 0 saturated heterocycles. The molecule has 110 valence electrons. The molecule has 1 N–H and O–H groups in total. The number of hydrogen-bond acceptors (Lipinski definition) is 4. The predicted octanol–water partition coefficient (Wildman–Crippen LogP) is 1.92. The van der Waals surface area contributed by atoms with E-state index in [9.17, 15) is 9.18 Å². The Morgan fingerprint density at radius 3 is 2.71 bits per heavy atom. The maximum atomic E-state index is 13.1. The van der Waals surface area contributed by atoms with Crippen LogP contribution in [-0.2, 0) is 6.54 Å². The van der Waals surface area contributed by atoms with Crippen molar-refractivity contribution in [1.82, 2.24) is 15.3 Å². The highest BCUT2D eigenvalue weighted by atomic mass is 19.1. The molecule has 0 atom stereocenters. The second kappa shape index (κ2) is 6.30. The van der Waals surface area contributed by atoms with Gasteiger partial charge < -0.3 is 10.2 Å². The number of halogens is 1. The first-order valence-electron chi connectivity index (χ1n) is 6.51. The van der Waals surface area contributed by atoms with Crippen molar-refractivity contribution in [2.45, 2.75) is 13.5 Å². The van der Waals surface area contributed by atoms with Crippen LogP contribution in [0.2, 0.25) is 0 Å². The Morgan fingerprint density at radius 2 is 2.05 bits per heavy atom. The fourth-order valence-electron chi connectivity index (χ4n) is 1.81. The fraction of sp³-hybridized carbons (Fsp3) is 0.267. The number of benzene rings is 1. The molecule has 6 heteroatoms. The first kappa shape index (κ1) is 14.9. The lowest BCUT2D eigenvalue weighted by molar-refractivity contribution is 0.0950. The van der Waals surface area contributed by atoms with Crippen LogP contribution in [0.4, 0.5) is 10.3 Å². The molecular formula is C15H17FN4O. The van der Waals surface area contributed by atoms with Crippen LogP contribution in [0.25, 0.3) is 0 Å².